The molecule has 1 saturated heterocycles. The second-order valence-corrected chi connectivity index (χ2v) is 9.44. The first kappa shape index (κ1) is 23.2. The van der Waals surface area contributed by atoms with E-state index >= 15 is 0 Å². The number of aliphatic hydroxyl groups excluding tert-OH is 1. The molecule has 9 heteroatoms. The number of fused-ring (bicyclic) bond motifs is 1. The average Bonchev–Trinajstić information content (AvgIpc) is 3.46. The standard InChI is InChI=1S/C25H25Cl2N3O4/c1-15-28-25(29-34-15)24-12-19-22(3-2-4-23(19)33-24)32-14-18(31)13-30-9-7-16(8-10-30)17-5-6-20(26)21(27)11-17/h2-6,11-12,16,18,31H,7-10,13-14H2,1H3/t18-/m0/s1. The number of aryl methyl sites for hydroxylation is 1. The minimum Gasteiger partial charge on any atom is -0.490 e. The van der Waals surface area contributed by atoms with Crippen LogP contribution in [-0.2, 0) is 0 Å². The van der Waals surface area contributed by atoms with Crippen molar-refractivity contribution in [2.24, 2.45) is 0 Å². The van der Waals surface area contributed by atoms with E-state index in [4.69, 9.17) is 36.9 Å². The molecule has 178 valence electrons. The molecular weight excluding hydrogens is 477 g/mol. The summed E-state index contributed by atoms with van der Waals surface area (Å²) >= 11 is 12.2. The predicted octanol–water partition coefficient (Wildman–Crippen LogP) is 5.72. The molecule has 2 aromatic heterocycles. The van der Waals surface area contributed by atoms with E-state index in [1.807, 2.05) is 36.4 Å². The van der Waals surface area contributed by atoms with Gasteiger partial charge in [0.05, 0.1) is 15.4 Å². The van der Waals surface area contributed by atoms with Crippen molar-refractivity contribution in [2.75, 3.05) is 26.2 Å². The zero-order valence-electron chi connectivity index (χ0n) is 18.7. The van der Waals surface area contributed by atoms with Crippen molar-refractivity contribution in [3.05, 3.63) is 64.0 Å². The zero-order valence-corrected chi connectivity index (χ0v) is 20.2. The highest BCUT2D eigenvalue weighted by Gasteiger charge is 2.23. The third kappa shape index (κ3) is 5.08. The predicted molar refractivity (Wildman–Crippen MR) is 131 cm³/mol. The maximum absolute atomic E-state index is 10.6. The molecule has 0 spiro atoms. The van der Waals surface area contributed by atoms with Crippen molar-refractivity contribution in [3.63, 3.8) is 0 Å². The first-order valence-electron chi connectivity index (χ1n) is 11.3. The molecule has 1 N–H and O–H groups in total. The summed E-state index contributed by atoms with van der Waals surface area (Å²) in [6, 6.07) is 13.3. The van der Waals surface area contributed by atoms with Crippen LogP contribution in [-0.4, -0.2) is 52.5 Å². The molecule has 4 aromatic rings. The summed E-state index contributed by atoms with van der Waals surface area (Å²) in [5.41, 5.74) is 1.88. The van der Waals surface area contributed by atoms with Crippen LogP contribution in [0.25, 0.3) is 22.6 Å². The summed E-state index contributed by atoms with van der Waals surface area (Å²) in [4.78, 5) is 6.48. The Hall–Kier alpha value is -2.58. The lowest BCUT2D eigenvalue weighted by atomic mass is 9.89. The van der Waals surface area contributed by atoms with Crippen molar-refractivity contribution in [1.82, 2.24) is 15.0 Å². The highest BCUT2D eigenvalue weighted by molar-refractivity contribution is 6.42. The number of ether oxygens (including phenoxy) is 1. The molecule has 1 fully saturated rings. The van der Waals surface area contributed by atoms with E-state index in [-0.39, 0.29) is 6.61 Å². The number of halogens is 2. The fourth-order valence-corrected chi connectivity index (χ4v) is 4.73. The molecule has 0 bridgehead atoms. The molecule has 1 atom stereocenters. The number of nitrogens with zero attached hydrogens (tertiary/aromatic N) is 3. The summed E-state index contributed by atoms with van der Waals surface area (Å²) in [7, 11) is 0. The number of benzene rings is 2. The SMILES string of the molecule is Cc1nc(-c2cc3c(OC[C@@H](O)CN4CCC(c5ccc(Cl)c(Cl)c5)CC4)cccc3o2)no1. The Morgan fingerprint density at radius 1 is 1.15 bits per heavy atom. The Balaban J connectivity index is 1.16. The number of piperidine rings is 1. The molecule has 0 aliphatic carbocycles. The number of aliphatic hydroxyl groups is 1. The molecule has 0 amide bonds. The quantitative estimate of drug-likeness (QED) is 0.346. The Morgan fingerprint density at radius 2 is 1.97 bits per heavy atom. The lowest BCUT2D eigenvalue weighted by Gasteiger charge is -2.33. The summed E-state index contributed by atoms with van der Waals surface area (Å²) in [5, 5.41) is 16.5. The van der Waals surface area contributed by atoms with Crippen molar-refractivity contribution < 1.29 is 18.8 Å². The van der Waals surface area contributed by atoms with E-state index in [2.05, 4.69) is 21.1 Å². The van der Waals surface area contributed by atoms with Gasteiger partial charge < -0.3 is 23.7 Å². The highest BCUT2D eigenvalue weighted by atomic mass is 35.5. The fraction of sp³-hybridized carbons (Fsp3) is 0.360. The van der Waals surface area contributed by atoms with Gasteiger partial charge in [-0.1, -0.05) is 40.5 Å². The van der Waals surface area contributed by atoms with Crippen LogP contribution in [0, 0.1) is 6.92 Å². The van der Waals surface area contributed by atoms with E-state index < -0.39 is 6.10 Å². The molecule has 0 saturated carbocycles. The minimum atomic E-state index is -0.608. The Kier molecular flexibility index (Phi) is 6.79. The van der Waals surface area contributed by atoms with Gasteiger partial charge in [0.25, 0.3) is 0 Å². The second-order valence-electron chi connectivity index (χ2n) is 8.63. The van der Waals surface area contributed by atoms with E-state index in [1.54, 1.807) is 6.92 Å². The van der Waals surface area contributed by atoms with Crippen molar-refractivity contribution in [2.45, 2.75) is 31.8 Å². The topological polar surface area (TPSA) is 84.8 Å². The van der Waals surface area contributed by atoms with Crippen LogP contribution in [0.3, 0.4) is 0 Å². The van der Waals surface area contributed by atoms with Gasteiger partial charge in [-0.2, -0.15) is 4.98 Å². The van der Waals surface area contributed by atoms with Gasteiger partial charge in [0.15, 0.2) is 5.76 Å². The molecule has 34 heavy (non-hydrogen) atoms. The van der Waals surface area contributed by atoms with Crippen LogP contribution >= 0.6 is 23.2 Å². The van der Waals surface area contributed by atoms with Gasteiger partial charge >= 0.3 is 0 Å². The third-order valence-electron chi connectivity index (χ3n) is 6.17. The van der Waals surface area contributed by atoms with Gasteiger partial charge in [0, 0.05) is 13.5 Å². The zero-order chi connectivity index (χ0) is 23.7. The number of furan rings is 1. The Bertz CT molecular complexity index is 1280. The maximum atomic E-state index is 10.6. The number of likely N-dealkylation sites (tertiary alicyclic amines) is 1. The van der Waals surface area contributed by atoms with E-state index in [1.165, 1.54) is 5.56 Å². The first-order valence-corrected chi connectivity index (χ1v) is 12.0. The number of rotatable bonds is 7. The molecule has 0 radical (unpaired) electrons. The van der Waals surface area contributed by atoms with Crippen molar-refractivity contribution in [3.8, 4) is 17.3 Å². The molecule has 0 unspecified atom stereocenters. The molecule has 1 aliphatic rings. The van der Waals surface area contributed by atoms with Crippen molar-refractivity contribution in [1.29, 1.82) is 0 Å². The lowest BCUT2D eigenvalue weighted by molar-refractivity contribution is 0.0599. The smallest absolute Gasteiger partial charge is 0.238 e. The third-order valence-corrected chi connectivity index (χ3v) is 6.91. The second kappa shape index (κ2) is 9.96. The summed E-state index contributed by atoms with van der Waals surface area (Å²) in [6.07, 6.45) is 1.42. The number of aromatic nitrogens is 2. The number of hydrogen-bond acceptors (Lipinski definition) is 7. The van der Waals surface area contributed by atoms with Crippen LogP contribution in [0.4, 0.5) is 0 Å². The van der Waals surface area contributed by atoms with Gasteiger partial charge in [0.2, 0.25) is 11.7 Å². The van der Waals surface area contributed by atoms with E-state index in [0.717, 1.165) is 31.3 Å². The average molecular weight is 502 g/mol. The molecule has 1 aliphatic heterocycles. The van der Waals surface area contributed by atoms with Gasteiger partial charge in [-0.15, -0.1) is 0 Å². The van der Waals surface area contributed by atoms with Crippen LogP contribution < -0.4 is 4.74 Å². The van der Waals surface area contributed by atoms with Crippen molar-refractivity contribution >= 4 is 34.2 Å². The highest BCUT2D eigenvalue weighted by Crippen LogP contribution is 2.34. The van der Waals surface area contributed by atoms with E-state index in [0.29, 0.717) is 51.3 Å². The largest absolute Gasteiger partial charge is 0.490 e. The fourth-order valence-electron chi connectivity index (χ4n) is 4.42. The van der Waals surface area contributed by atoms with Gasteiger partial charge in [-0.05, 0) is 67.7 Å². The Labute approximate surface area is 207 Å². The monoisotopic (exact) mass is 501 g/mol. The number of β-amino-alcohol motifs (C(OH)–C–C–N with tert-alkyl or cyclic N) is 1. The lowest BCUT2D eigenvalue weighted by Crippen LogP contribution is -2.40. The van der Waals surface area contributed by atoms with Gasteiger partial charge in [0.1, 0.15) is 24.0 Å². The Morgan fingerprint density at radius 3 is 2.71 bits per heavy atom. The van der Waals surface area contributed by atoms with Crippen LogP contribution in [0.5, 0.6) is 5.75 Å². The van der Waals surface area contributed by atoms with Crippen LogP contribution in [0.1, 0.15) is 30.2 Å². The molecular formula is C25H25Cl2N3O4. The summed E-state index contributed by atoms with van der Waals surface area (Å²) in [6.45, 7) is 4.29. The number of hydrogen-bond donors (Lipinski definition) is 1. The molecule has 7 nitrogen and oxygen atoms in total. The molecule has 2 aromatic carbocycles. The first-order chi connectivity index (χ1) is 16.5. The summed E-state index contributed by atoms with van der Waals surface area (Å²) < 4.78 is 16.8. The van der Waals surface area contributed by atoms with Crippen LogP contribution in [0.2, 0.25) is 10.0 Å². The maximum Gasteiger partial charge on any atom is 0.238 e. The van der Waals surface area contributed by atoms with Crippen LogP contribution in [0.15, 0.2) is 51.4 Å². The van der Waals surface area contributed by atoms with Gasteiger partial charge in [-0.3, -0.25) is 0 Å². The normalized spacial score (nSPS) is 16.2. The molecule has 5 rings (SSSR count). The van der Waals surface area contributed by atoms with Gasteiger partial charge in [-0.25, -0.2) is 0 Å². The summed E-state index contributed by atoms with van der Waals surface area (Å²) in [5.74, 6) is 2.47. The van der Waals surface area contributed by atoms with E-state index in [9.17, 15) is 5.11 Å². The molecule has 3 heterocycles. The minimum absolute atomic E-state index is 0.188.